The Labute approximate surface area is 677 Å². The predicted molar refractivity (Wildman–Crippen MR) is 425 cm³/mol. The number of aliphatic hydroxyl groups excluding tert-OH is 2. The van der Waals surface area contributed by atoms with Gasteiger partial charge < -0.3 is 122 Å². The smallest absolute Gasteiger partial charge is 0.326 e. The van der Waals surface area contributed by atoms with Gasteiger partial charge in [-0.1, -0.05) is 46.2 Å². The molecule has 0 radical (unpaired) electrons. The standard InChI is InChI=1S/C69H116N18O22S4/c1-10-33(4)53(86-59(98)42(21-22-51(92)93)79-64(103)48(30-112)84-66(105)52(72)37(8)88)68(107)85-47(29-111)62(101)76-36(7)56(95)81-45(26-39-17-19-40(90)20-18-39)60(99)75-34(5)55(94)74-35(6)57(96)83-49(31-113)65(104)87-54(38(9)89)67(106)73-27-50(91)77-46(28-110)63(102)82-44(25-32(2)3)61(100)78-41(15-11-13-23-70)58(97)80-43(69(108)109)16-12-14-24-71/h17-20,32-38,41-49,52-54,88-90,110-113H,10-16,21-31,70-72H2,1-9H3,(H,73,106)(H,74,94)(H,75,99)(H,76,101)(H,77,91)(H,78,100)(H,79,103)(H,80,97)(H,81,95)(H,82,102)(H,83,96)(H,84,105)(H,85,107)(H,86,98)(H,87,104)(H,92,93)(H,108,109)/t33-,34-,35-,36-,37+,38+,41-,42-,43-,44-,45-,46-,47-,48-,49-,52-,53-,54-/m0/s1. The van der Waals surface area contributed by atoms with E-state index in [4.69, 9.17) is 17.2 Å². The fourth-order valence-corrected chi connectivity index (χ4v) is 11.4. The molecule has 1 aromatic rings. The molecule has 0 aliphatic rings. The van der Waals surface area contributed by atoms with E-state index in [1.165, 1.54) is 52.0 Å². The summed E-state index contributed by atoms with van der Waals surface area (Å²) in [5, 5.41) is 85.8. The Balaban J connectivity index is 3.18. The number of nitrogens with one attached hydrogen (secondary N) is 15. The van der Waals surface area contributed by atoms with Crippen molar-refractivity contribution in [3.63, 3.8) is 0 Å². The number of hydrogen-bond donors (Lipinski definition) is 27. The van der Waals surface area contributed by atoms with Crippen molar-refractivity contribution in [3.8, 4) is 5.75 Å². The molecule has 44 heteroatoms. The van der Waals surface area contributed by atoms with Gasteiger partial charge in [-0.15, -0.1) is 0 Å². The van der Waals surface area contributed by atoms with Crippen molar-refractivity contribution in [2.24, 2.45) is 29.0 Å². The molecule has 0 saturated heterocycles. The highest BCUT2D eigenvalue weighted by atomic mass is 32.1. The van der Waals surface area contributed by atoms with E-state index in [1.54, 1.807) is 27.7 Å². The second-order valence-corrected chi connectivity index (χ2v) is 28.9. The number of phenols is 1. The van der Waals surface area contributed by atoms with Gasteiger partial charge in [-0.3, -0.25) is 76.7 Å². The third-order valence-electron chi connectivity index (χ3n) is 17.4. The quantitative estimate of drug-likeness (QED) is 0.0213. The van der Waals surface area contributed by atoms with E-state index in [0.29, 0.717) is 37.8 Å². The number of carboxylic acid groups (broad SMARTS) is 2. The van der Waals surface area contributed by atoms with Crippen LogP contribution in [0.1, 0.15) is 132 Å². The van der Waals surface area contributed by atoms with E-state index in [-0.39, 0.29) is 61.8 Å². The number of unbranched alkanes of at least 4 members (excludes halogenated alkanes) is 2. The number of thiol groups is 4. The van der Waals surface area contributed by atoms with Crippen molar-refractivity contribution in [1.29, 1.82) is 0 Å². The summed E-state index contributed by atoms with van der Waals surface area (Å²) < 4.78 is 0. The molecule has 638 valence electrons. The predicted octanol–water partition coefficient (Wildman–Crippen LogP) is -6.99. The molecule has 0 fully saturated rings. The minimum absolute atomic E-state index is 0.0444. The van der Waals surface area contributed by atoms with Crippen molar-refractivity contribution in [3.05, 3.63) is 29.8 Å². The van der Waals surface area contributed by atoms with Crippen LogP contribution in [-0.2, 0) is 87.9 Å². The summed E-state index contributed by atoms with van der Waals surface area (Å²) in [7, 11) is 0. The monoisotopic (exact) mass is 1680 g/mol. The Morgan fingerprint density at radius 1 is 0.398 bits per heavy atom. The zero-order valence-corrected chi connectivity index (χ0v) is 68.3. The molecule has 0 aliphatic carbocycles. The lowest BCUT2D eigenvalue weighted by Gasteiger charge is -2.29. The van der Waals surface area contributed by atoms with Crippen molar-refractivity contribution in [1.82, 2.24) is 79.8 Å². The molecule has 15 amide bonds. The third kappa shape index (κ3) is 37.8. The first-order valence-corrected chi connectivity index (χ1v) is 39.3. The maximum absolute atomic E-state index is 14.0. The Morgan fingerprint density at radius 2 is 0.761 bits per heavy atom. The molecule has 40 nitrogen and oxygen atoms in total. The molecule has 0 spiro atoms. The highest BCUT2D eigenvalue weighted by Gasteiger charge is 2.38. The molecular formula is C69H116N18O22S4. The molecule has 0 bridgehead atoms. The van der Waals surface area contributed by atoms with E-state index in [0.717, 1.165) is 6.92 Å². The molecule has 0 heterocycles. The highest BCUT2D eigenvalue weighted by molar-refractivity contribution is 7.80. The Morgan fingerprint density at radius 3 is 1.21 bits per heavy atom. The van der Waals surface area contributed by atoms with E-state index in [9.17, 15) is 107 Å². The number of aromatic hydroxyl groups is 1. The lowest BCUT2D eigenvalue weighted by Crippen LogP contribution is -2.61. The summed E-state index contributed by atoms with van der Waals surface area (Å²) >= 11 is 16.6. The Hall–Kier alpha value is -8.79. The van der Waals surface area contributed by atoms with Crippen LogP contribution < -0.4 is 97.0 Å². The van der Waals surface area contributed by atoms with Gasteiger partial charge in [0.2, 0.25) is 88.6 Å². The lowest BCUT2D eigenvalue weighted by molar-refractivity contribution is -0.142. The molecule has 1 rings (SSSR count). The average Bonchev–Trinajstić information content (AvgIpc) is 0.772. The largest absolute Gasteiger partial charge is 0.508 e. The number of aliphatic carboxylic acids is 2. The van der Waals surface area contributed by atoms with Gasteiger partial charge in [0, 0.05) is 35.9 Å². The second-order valence-electron chi connectivity index (χ2n) is 27.5. The number of carbonyl (C=O) groups excluding carboxylic acids is 15. The van der Waals surface area contributed by atoms with Crippen LogP contribution in [0.3, 0.4) is 0 Å². The van der Waals surface area contributed by atoms with Gasteiger partial charge in [-0.2, -0.15) is 50.5 Å². The summed E-state index contributed by atoms with van der Waals surface area (Å²) in [6.45, 7) is 12.5. The van der Waals surface area contributed by atoms with Crippen LogP contribution in [0, 0.1) is 11.8 Å². The van der Waals surface area contributed by atoms with Gasteiger partial charge >= 0.3 is 11.9 Å². The van der Waals surface area contributed by atoms with E-state index < -0.39 is 240 Å². The van der Waals surface area contributed by atoms with Crippen LogP contribution in [0.25, 0.3) is 0 Å². The first kappa shape index (κ1) is 102. The number of phenolic OH excluding ortho intramolecular Hbond substituents is 1. The van der Waals surface area contributed by atoms with Crippen LogP contribution >= 0.6 is 50.5 Å². The molecule has 26 N–H and O–H groups in total. The third-order valence-corrected chi connectivity index (χ3v) is 18.9. The first-order chi connectivity index (χ1) is 53.0. The summed E-state index contributed by atoms with van der Waals surface area (Å²) in [5.74, 6) is -19.5. The van der Waals surface area contributed by atoms with Gasteiger partial charge in [0.05, 0.1) is 18.8 Å². The van der Waals surface area contributed by atoms with Gasteiger partial charge in [-0.05, 0) is 129 Å². The molecular weight excluding hydrogens is 1560 g/mol. The number of rotatable bonds is 54. The minimum Gasteiger partial charge on any atom is -0.508 e. The van der Waals surface area contributed by atoms with Crippen molar-refractivity contribution in [2.75, 3.05) is 42.6 Å². The number of amides is 15. The van der Waals surface area contributed by atoms with E-state index in [1.807, 2.05) is 0 Å². The van der Waals surface area contributed by atoms with Gasteiger partial charge in [-0.25, -0.2) is 4.79 Å². The fourth-order valence-electron chi connectivity index (χ4n) is 10.3. The van der Waals surface area contributed by atoms with Crippen LogP contribution in [0.15, 0.2) is 24.3 Å². The number of aliphatic hydroxyl groups is 2. The molecule has 1 aromatic carbocycles. The summed E-state index contributed by atoms with van der Waals surface area (Å²) in [6.07, 6.45) is -2.15. The topological polar surface area (TPSA) is 650 Å². The van der Waals surface area contributed by atoms with Gasteiger partial charge in [0.1, 0.15) is 96.4 Å². The van der Waals surface area contributed by atoms with Gasteiger partial charge in [0.15, 0.2) is 0 Å². The zero-order chi connectivity index (χ0) is 86.1. The van der Waals surface area contributed by atoms with Crippen LogP contribution in [0.2, 0.25) is 0 Å². The number of carbonyl (C=O) groups is 17. The summed E-state index contributed by atoms with van der Waals surface area (Å²) in [6, 6.07) is -16.4. The summed E-state index contributed by atoms with van der Waals surface area (Å²) in [5.41, 5.74) is 17.3. The number of nitrogens with two attached hydrogens (primary N) is 3. The maximum atomic E-state index is 14.0. The molecule has 18 atom stereocenters. The molecule has 0 unspecified atom stereocenters. The van der Waals surface area contributed by atoms with Crippen LogP contribution in [0.4, 0.5) is 0 Å². The van der Waals surface area contributed by atoms with E-state index in [2.05, 4.69) is 130 Å². The van der Waals surface area contributed by atoms with E-state index >= 15 is 0 Å². The average molecular weight is 1680 g/mol. The highest BCUT2D eigenvalue weighted by Crippen LogP contribution is 2.16. The van der Waals surface area contributed by atoms with Crippen molar-refractivity contribution in [2.45, 2.75) is 236 Å². The first-order valence-electron chi connectivity index (χ1n) is 36.7. The van der Waals surface area contributed by atoms with Crippen LogP contribution in [-0.4, -0.2) is 272 Å². The molecule has 0 saturated carbocycles. The normalized spacial score (nSPS) is 16.0. The SMILES string of the molecule is CC[C@H](C)[C@H](NC(=O)[C@H](CCC(=O)O)NC(=O)[C@H](CS)NC(=O)[C@@H](N)[C@@H](C)O)C(=O)N[C@@H](CS)C(=O)N[C@@H](C)C(=O)N[C@@H](Cc1ccc(O)cc1)C(=O)N[C@@H](C)C(=O)N[C@@H](C)C(=O)N[C@@H](CS)C(=O)N[C@H](C(=O)NCC(=O)N[C@@H](CS)C(=O)N[C@@H](CC(C)C)C(=O)N[C@@H](CCCCN)C(=O)N[C@@H](CCCCN)C(=O)O)[C@@H](C)O. The van der Waals surface area contributed by atoms with Crippen molar-refractivity contribution >= 4 is 151 Å². The molecule has 0 aliphatic heterocycles. The van der Waals surface area contributed by atoms with Crippen LogP contribution in [0.5, 0.6) is 5.75 Å². The van der Waals surface area contributed by atoms with Gasteiger partial charge in [0.25, 0.3) is 0 Å². The lowest BCUT2D eigenvalue weighted by atomic mass is 9.97. The van der Waals surface area contributed by atoms with Crippen molar-refractivity contribution < 1.29 is 107 Å². The minimum atomic E-state index is -1.78. The fraction of sp³-hybridized carbons (Fsp3) is 0.667. The second kappa shape index (κ2) is 53.3. The Bertz CT molecular complexity index is 3370. The summed E-state index contributed by atoms with van der Waals surface area (Å²) in [4.78, 5) is 227. The number of carboxylic acids is 2. The molecule has 0 aromatic heterocycles. The number of hydrogen-bond acceptors (Lipinski definition) is 27. The molecule has 113 heavy (non-hydrogen) atoms. The maximum Gasteiger partial charge on any atom is 0.326 e. The Kier molecular flexibility index (Phi) is 48.2. The zero-order valence-electron chi connectivity index (χ0n) is 64.7. The number of benzene rings is 1.